The highest BCUT2D eigenvalue weighted by molar-refractivity contribution is 14.0. The Morgan fingerprint density at radius 3 is 2.68 bits per heavy atom. The Labute approximate surface area is 165 Å². The highest BCUT2D eigenvalue weighted by atomic mass is 127. The van der Waals surface area contributed by atoms with Crippen LogP contribution in [0.5, 0.6) is 0 Å². The second kappa shape index (κ2) is 11.4. The van der Waals surface area contributed by atoms with E-state index in [0.717, 1.165) is 17.8 Å². The van der Waals surface area contributed by atoms with Crippen LogP contribution in [0.4, 0.5) is 5.69 Å². The number of nitrogens with one attached hydrogen (secondary N) is 3. The summed E-state index contributed by atoms with van der Waals surface area (Å²) in [5.74, 6) is 0.433. The van der Waals surface area contributed by atoms with Crippen molar-refractivity contribution in [2.45, 2.75) is 19.9 Å². The number of aromatic nitrogens is 1. The molecule has 1 amide bonds. The monoisotopic (exact) mass is 453 g/mol. The molecule has 2 aromatic rings. The SMILES string of the molecule is CCc1cccc(NC(=O)CNC(=NC)NCc2ccccn2)c1.I. The fraction of sp³-hybridized carbons (Fsp3) is 0.278. The highest BCUT2D eigenvalue weighted by Gasteiger charge is 2.05. The number of hydrogen-bond donors (Lipinski definition) is 3. The molecular weight excluding hydrogens is 429 g/mol. The van der Waals surface area contributed by atoms with Crippen LogP contribution in [0.1, 0.15) is 18.2 Å². The maximum atomic E-state index is 12.0. The van der Waals surface area contributed by atoms with Crippen LogP contribution in [0.25, 0.3) is 0 Å². The second-order valence-corrected chi connectivity index (χ2v) is 5.20. The van der Waals surface area contributed by atoms with E-state index in [2.05, 4.69) is 32.9 Å². The van der Waals surface area contributed by atoms with Crippen molar-refractivity contribution in [3.05, 3.63) is 59.9 Å². The van der Waals surface area contributed by atoms with E-state index in [-0.39, 0.29) is 36.4 Å². The number of rotatable bonds is 6. The first-order valence-corrected chi connectivity index (χ1v) is 7.94. The zero-order chi connectivity index (χ0) is 17.2. The molecule has 25 heavy (non-hydrogen) atoms. The minimum atomic E-state index is -0.121. The van der Waals surface area contributed by atoms with Gasteiger partial charge >= 0.3 is 0 Å². The number of carbonyl (C=O) groups is 1. The lowest BCUT2D eigenvalue weighted by atomic mass is 10.1. The summed E-state index contributed by atoms with van der Waals surface area (Å²) in [6.45, 7) is 2.76. The molecule has 3 N–H and O–H groups in total. The first-order valence-electron chi connectivity index (χ1n) is 7.94. The average molecular weight is 453 g/mol. The molecule has 1 aromatic carbocycles. The van der Waals surface area contributed by atoms with Gasteiger partial charge in [0.2, 0.25) is 5.91 Å². The van der Waals surface area contributed by atoms with E-state index < -0.39 is 0 Å². The zero-order valence-electron chi connectivity index (χ0n) is 14.5. The lowest BCUT2D eigenvalue weighted by molar-refractivity contribution is -0.115. The van der Waals surface area contributed by atoms with Crippen LogP contribution in [0.2, 0.25) is 0 Å². The van der Waals surface area contributed by atoms with Crippen molar-refractivity contribution in [1.29, 1.82) is 0 Å². The molecule has 0 unspecified atom stereocenters. The molecule has 0 aliphatic carbocycles. The van der Waals surface area contributed by atoms with Gasteiger partial charge in [0.25, 0.3) is 0 Å². The molecule has 0 saturated carbocycles. The number of halogens is 1. The van der Waals surface area contributed by atoms with Gasteiger partial charge in [-0.3, -0.25) is 14.8 Å². The number of anilines is 1. The maximum absolute atomic E-state index is 12.0. The molecule has 0 saturated heterocycles. The Kier molecular flexibility index (Phi) is 9.53. The first-order chi connectivity index (χ1) is 11.7. The average Bonchev–Trinajstić information content (AvgIpc) is 2.63. The van der Waals surface area contributed by atoms with Crippen LogP contribution in [0, 0.1) is 0 Å². The molecule has 7 heteroatoms. The van der Waals surface area contributed by atoms with E-state index in [0.29, 0.717) is 12.5 Å². The molecule has 6 nitrogen and oxygen atoms in total. The maximum Gasteiger partial charge on any atom is 0.243 e. The third kappa shape index (κ3) is 7.51. The number of guanidine groups is 1. The summed E-state index contributed by atoms with van der Waals surface area (Å²) in [6.07, 6.45) is 2.68. The first kappa shape index (κ1) is 20.9. The summed E-state index contributed by atoms with van der Waals surface area (Å²) in [7, 11) is 1.66. The van der Waals surface area contributed by atoms with Crippen LogP contribution in [-0.2, 0) is 17.8 Å². The van der Waals surface area contributed by atoms with E-state index in [1.165, 1.54) is 5.56 Å². The Hall–Kier alpha value is -2.16. The molecule has 0 fully saturated rings. The molecule has 0 radical (unpaired) electrons. The molecule has 0 spiro atoms. The summed E-state index contributed by atoms with van der Waals surface area (Å²) in [4.78, 5) is 20.4. The van der Waals surface area contributed by atoms with Gasteiger partial charge < -0.3 is 16.0 Å². The molecule has 2 rings (SSSR count). The fourth-order valence-electron chi connectivity index (χ4n) is 2.14. The topological polar surface area (TPSA) is 78.4 Å². The number of amides is 1. The van der Waals surface area contributed by atoms with Crippen LogP contribution < -0.4 is 16.0 Å². The van der Waals surface area contributed by atoms with Crippen LogP contribution in [0.3, 0.4) is 0 Å². The van der Waals surface area contributed by atoms with Crippen molar-refractivity contribution < 1.29 is 4.79 Å². The van der Waals surface area contributed by atoms with Gasteiger partial charge in [0.1, 0.15) is 0 Å². The van der Waals surface area contributed by atoms with Crippen molar-refractivity contribution in [1.82, 2.24) is 15.6 Å². The Balaban J connectivity index is 0.00000312. The van der Waals surface area contributed by atoms with Gasteiger partial charge in [0.15, 0.2) is 5.96 Å². The third-order valence-electron chi connectivity index (χ3n) is 3.42. The molecule has 0 aliphatic heterocycles. The quantitative estimate of drug-likeness (QED) is 0.357. The standard InChI is InChI=1S/C18H23N5O.HI/c1-3-14-7-6-9-15(11-14)23-17(24)13-22-18(19-2)21-12-16-8-4-5-10-20-16;/h4-11H,3,12-13H2,1-2H3,(H,23,24)(H2,19,21,22);1H. The van der Waals surface area contributed by atoms with Crippen LogP contribution in [-0.4, -0.2) is 30.4 Å². The molecule has 1 heterocycles. The van der Waals surface area contributed by atoms with Gasteiger partial charge in [-0.1, -0.05) is 25.1 Å². The number of aliphatic imine (C=N–C) groups is 1. The summed E-state index contributed by atoms with van der Waals surface area (Å²) >= 11 is 0. The predicted molar refractivity (Wildman–Crippen MR) is 112 cm³/mol. The smallest absolute Gasteiger partial charge is 0.243 e. The van der Waals surface area contributed by atoms with Gasteiger partial charge in [-0.15, -0.1) is 24.0 Å². The lowest BCUT2D eigenvalue weighted by Crippen LogP contribution is -2.41. The van der Waals surface area contributed by atoms with Crippen molar-refractivity contribution in [3.63, 3.8) is 0 Å². The largest absolute Gasteiger partial charge is 0.351 e. The van der Waals surface area contributed by atoms with E-state index in [9.17, 15) is 4.79 Å². The number of carbonyl (C=O) groups excluding carboxylic acids is 1. The second-order valence-electron chi connectivity index (χ2n) is 5.20. The van der Waals surface area contributed by atoms with E-state index >= 15 is 0 Å². The minimum Gasteiger partial charge on any atom is -0.351 e. The van der Waals surface area contributed by atoms with E-state index in [1.807, 2.05) is 42.5 Å². The van der Waals surface area contributed by atoms with Crippen molar-refractivity contribution in [2.75, 3.05) is 18.9 Å². The Morgan fingerprint density at radius 2 is 2.00 bits per heavy atom. The summed E-state index contributed by atoms with van der Waals surface area (Å²) in [5, 5.41) is 8.98. The fourth-order valence-corrected chi connectivity index (χ4v) is 2.14. The number of benzene rings is 1. The Morgan fingerprint density at radius 1 is 1.16 bits per heavy atom. The van der Waals surface area contributed by atoms with E-state index in [1.54, 1.807) is 13.2 Å². The molecular formula is C18H24IN5O. The van der Waals surface area contributed by atoms with Crippen LogP contribution >= 0.6 is 24.0 Å². The highest BCUT2D eigenvalue weighted by Crippen LogP contribution is 2.10. The number of nitrogens with zero attached hydrogens (tertiary/aromatic N) is 2. The van der Waals surface area contributed by atoms with E-state index in [4.69, 9.17) is 0 Å². The predicted octanol–water partition coefficient (Wildman–Crippen LogP) is 2.57. The number of pyridine rings is 1. The molecule has 0 atom stereocenters. The number of hydrogen-bond acceptors (Lipinski definition) is 3. The molecule has 134 valence electrons. The lowest BCUT2D eigenvalue weighted by Gasteiger charge is -2.12. The molecule has 1 aromatic heterocycles. The van der Waals surface area contributed by atoms with Gasteiger partial charge in [-0.25, -0.2) is 0 Å². The summed E-state index contributed by atoms with van der Waals surface area (Å²) in [6, 6.07) is 13.6. The third-order valence-corrected chi connectivity index (χ3v) is 3.42. The molecule has 0 aliphatic rings. The summed E-state index contributed by atoms with van der Waals surface area (Å²) < 4.78 is 0. The normalized spacial score (nSPS) is 10.6. The molecule has 0 bridgehead atoms. The van der Waals surface area contributed by atoms with Crippen LogP contribution in [0.15, 0.2) is 53.7 Å². The number of aryl methyl sites for hydroxylation is 1. The van der Waals surface area contributed by atoms with Crippen molar-refractivity contribution >= 4 is 41.5 Å². The van der Waals surface area contributed by atoms with Crippen molar-refractivity contribution in [2.24, 2.45) is 4.99 Å². The van der Waals surface area contributed by atoms with Crippen molar-refractivity contribution in [3.8, 4) is 0 Å². The van der Waals surface area contributed by atoms with Gasteiger partial charge in [0.05, 0.1) is 18.8 Å². The van der Waals surface area contributed by atoms with Gasteiger partial charge in [-0.2, -0.15) is 0 Å². The zero-order valence-corrected chi connectivity index (χ0v) is 16.8. The van der Waals surface area contributed by atoms with Gasteiger partial charge in [-0.05, 0) is 36.2 Å². The summed E-state index contributed by atoms with van der Waals surface area (Å²) in [5.41, 5.74) is 2.90. The minimum absolute atomic E-state index is 0. The Bertz CT molecular complexity index is 691. The van der Waals surface area contributed by atoms with Gasteiger partial charge in [0, 0.05) is 18.9 Å².